The third kappa shape index (κ3) is 4.57. The van der Waals surface area contributed by atoms with E-state index in [1.807, 2.05) is 24.3 Å². The van der Waals surface area contributed by atoms with E-state index in [-0.39, 0.29) is 5.41 Å². The standard InChI is InChI=1S/C48H31N3OS/c1-48(2)38-27-30(22-23-32(38)34-24-25-35-33-16-6-8-19-39(33)52-44(35)43(34)48)29-14-10-15-31(26-29)46-49-45(28-12-4-3-5-13-28)50-47(51-46)37-18-11-21-41-42(37)36-17-7-9-20-40(36)53-41/h3-27H,1-2H3. The van der Waals surface area contributed by atoms with Crippen LogP contribution in [0.2, 0.25) is 0 Å². The first-order valence-electron chi connectivity index (χ1n) is 17.9. The normalized spacial score (nSPS) is 13.2. The Balaban J connectivity index is 1.05. The molecule has 0 amide bonds. The average molecular weight is 698 g/mol. The molecule has 0 aliphatic heterocycles. The second kappa shape index (κ2) is 11.3. The van der Waals surface area contributed by atoms with E-state index in [1.54, 1.807) is 11.3 Å². The van der Waals surface area contributed by atoms with Gasteiger partial charge in [-0.1, -0.05) is 129 Å². The lowest BCUT2D eigenvalue weighted by atomic mass is 9.81. The van der Waals surface area contributed by atoms with Crippen LogP contribution in [0.5, 0.6) is 0 Å². The zero-order chi connectivity index (χ0) is 35.3. The van der Waals surface area contributed by atoms with Gasteiger partial charge in [-0.15, -0.1) is 11.3 Å². The lowest BCUT2D eigenvalue weighted by molar-refractivity contribution is 0.620. The highest BCUT2D eigenvalue weighted by molar-refractivity contribution is 7.25. The van der Waals surface area contributed by atoms with Crippen LogP contribution in [0.4, 0.5) is 0 Å². The van der Waals surface area contributed by atoms with Gasteiger partial charge >= 0.3 is 0 Å². The number of hydrogen-bond acceptors (Lipinski definition) is 5. The van der Waals surface area contributed by atoms with E-state index in [2.05, 4.69) is 141 Å². The van der Waals surface area contributed by atoms with Crippen molar-refractivity contribution in [3.63, 3.8) is 0 Å². The van der Waals surface area contributed by atoms with Gasteiger partial charge in [0.1, 0.15) is 11.2 Å². The Hall–Kier alpha value is -6.43. The maximum Gasteiger partial charge on any atom is 0.164 e. The predicted octanol–water partition coefficient (Wildman–Crippen LogP) is 13.1. The fraction of sp³-hybridized carbons (Fsp3) is 0.0625. The van der Waals surface area contributed by atoms with E-state index in [4.69, 9.17) is 19.4 Å². The number of para-hydroxylation sites is 1. The van der Waals surface area contributed by atoms with Crippen molar-refractivity contribution in [1.82, 2.24) is 15.0 Å². The fourth-order valence-electron chi connectivity index (χ4n) is 8.38. The predicted molar refractivity (Wildman–Crippen MR) is 219 cm³/mol. The van der Waals surface area contributed by atoms with E-state index in [0.717, 1.165) is 44.4 Å². The maximum atomic E-state index is 6.55. The van der Waals surface area contributed by atoms with E-state index < -0.39 is 0 Å². The monoisotopic (exact) mass is 697 g/mol. The first-order chi connectivity index (χ1) is 26.0. The van der Waals surface area contributed by atoms with Crippen LogP contribution in [0.25, 0.3) is 98.5 Å². The Morgan fingerprint density at radius 3 is 2.02 bits per heavy atom. The SMILES string of the molecule is CC1(C)c2cc(-c3cccc(-c4nc(-c5ccccc5)nc(-c5cccc6sc7ccccc7c56)n4)c3)ccc2-c2ccc3c(oc4ccccc43)c21. The van der Waals surface area contributed by atoms with Gasteiger partial charge in [0, 0.05) is 58.6 Å². The molecular weight excluding hydrogens is 667 g/mol. The molecule has 3 aromatic heterocycles. The number of fused-ring (bicyclic) bond motifs is 10. The van der Waals surface area contributed by atoms with E-state index in [9.17, 15) is 0 Å². The van der Waals surface area contributed by atoms with Crippen molar-refractivity contribution in [1.29, 1.82) is 0 Å². The van der Waals surface area contributed by atoms with Crippen LogP contribution in [0.1, 0.15) is 25.0 Å². The van der Waals surface area contributed by atoms with Gasteiger partial charge in [0.25, 0.3) is 0 Å². The molecule has 0 radical (unpaired) electrons. The molecule has 0 atom stereocenters. The summed E-state index contributed by atoms with van der Waals surface area (Å²) in [7, 11) is 0. The van der Waals surface area contributed by atoms with E-state index in [0.29, 0.717) is 17.5 Å². The largest absolute Gasteiger partial charge is 0.456 e. The summed E-state index contributed by atoms with van der Waals surface area (Å²) in [6.45, 7) is 4.64. The molecule has 11 rings (SSSR count). The Labute approximate surface area is 310 Å². The van der Waals surface area contributed by atoms with Gasteiger partial charge in [0.05, 0.1) is 0 Å². The molecule has 1 aliphatic rings. The summed E-state index contributed by atoms with van der Waals surface area (Å²) in [6, 6.07) is 53.5. The van der Waals surface area contributed by atoms with Crippen LogP contribution < -0.4 is 0 Å². The average Bonchev–Trinajstić information content (AvgIpc) is 3.85. The van der Waals surface area contributed by atoms with Crippen LogP contribution in [0.3, 0.4) is 0 Å². The van der Waals surface area contributed by atoms with Crippen molar-refractivity contribution in [2.45, 2.75) is 19.3 Å². The third-order valence-corrected chi connectivity index (χ3v) is 12.1. The molecule has 4 nitrogen and oxygen atoms in total. The molecular formula is C48H31N3OS. The third-order valence-electron chi connectivity index (χ3n) is 10.9. The summed E-state index contributed by atoms with van der Waals surface area (Å²) in [5.41, 5.74) is 11.9. The van der Waals surface area contributed by atoms with Gasteiger partial charge in [0.2, 0.25) is 0 Å². The minimum Gasteiger partial charge on any atom is -0.456 e. The Kier molecular flexibility index (Phi) is 6.43. The summed E-state index contributed by atoms with van der Waals surface area (Å²) in [5, 5.41) is 4.73. The minimum atomic E-state index is -0.244. The quantitative estimate of drug-likeness (QED) is 0.184. The van der Waals surface area contributed by atoms with Crippen molar-refractivity contribution < 1.29 is 4.42 Å². The highest BCUT2D eigenvalue weighted by Gasteiger charge is 2.38. The zero-order valence-corrected chi connectivity index (χ0v) is 29.9. The van der Waals surface area contributed by atoms with Crippen LogP contribution >= 0.6 is 11.3 Å². The molecule has 0 fully saturated rings. The van der Waals surface area contributed by atoms with Crippen LogP contribution in [0, 0.1) is 0 Å². The second-order valence-corrected chi connectivity index (χ2v) is 15.5. The van der Waals surface area contributed by atoms with E-state index >= 15 is 0 Å². The molecule has 0 spiro atoms. The van der Waals surface area contributed by atoms with Gasteiger partial charge in [-0.3, -0.25) is 0 Å². The molecule has 53 heavy (non-hydrogen) atoms. The highest BCUT2D eigenvalue weighted by Crippen LogP contribution is 2.53. The summed E-state index contributed by atoms with van der Waals surface area (Å²) in [6.07, 6.45) is 0. The smallest absolute Gasteiger partial charge is 0.164 e. The van der Waals surface area contributed by atoms with E-state index in [1.165, 1.54) is 47.8 Å². The molecule has 250 valence electrons. The molecule has 5 heteroatoms. The molecule has 1 aliphatic carbocycles. The number of nitrogens with zero attached hydrogens (tertiary/aromatic N) is 3. The van der Waals surface area contributed by atoms with Crippen molar-refractivity contribution in [3.05, 3.63) is 163 Å². The van der Waals surface area contributed by atoms with Gasteiger partial charge < -0.3 is 4.42 Å². The van der Waals surface area contributed by atoms with Crippen molar-refractivity contribution in [2.24, 2.45) is 0 Å². The van der Waals surface area contributed by atoms with Gasteiger partial charge in [-0.2, -0.15) is 0 Å². The Morgan fingerprint density at radius 2 is 1.13 bits per heavy atom. The highest BCUT2D eigenvalue weighted by atomic mass is 32.1. The molecule has 0 saturated carbocycles. The number of hydrogen-bond donors (Lipinski definition) is 0. The number of aromatic nitrogens is 3. The number of benzene rings is 7. The van der Waals surface area contributed by atoms with Crippen LogP contribution in [0.15, 0.2) is 156 Å². The first kappa shape index (κ1) is 30.2. The summed E-state index contributed by atoms with van der Waals surface area (Å²) >= 11 is 1.80. The van der Waals surface area contributed by atoms with Crippen molar-refractivity contribution in [3.8, 4) is 56.4 Å². The van der Waals surface area contributed by atoms with Gasteiger partial charge in [0.15, 0.2) is 17.5 Å². The van der Waals surface area contributed by atoms with Gasteiger partial charge in [-0.05, 0) is 64.2 Å². The summed E-state index contributed by atoms with van der Waals surface area (Å²) in [5.74, 6) is 1.97. The maximum absolute atomic E-state index is 6.55. The van der Waals surface area contributed by atoms with Crippen LogP contribution in [-0.2, 0) is 5.41 Å². The van der Waals surface area contributed by atoms with Crippen LogP contribution in [-0.4, -0.2) is 15.0 Å². The van der Waals surface area contributed by atoms with Gasteiger partial charge in [-0.25, -0.2) is 15.0 Å². The molecule has 0 unspecified atom stereocenters. The molecule has 3 heterocycles. The Bertz CT molecular complexity index is 3100. The topological polar surface area (TPSA) is 51.8 Å². The molecule has 7 aromatic carbocycles. The number of thiophene rings is 1. The Morgan fingerprint density at radius 1 is 0.472 bits per heavy atom. The van der Waals surface area contributed by atoms with Crippen molar-refractivity contribution in [2.75, 3.05) is 0 Å². The molecule has 0 bridgehead atoms. The summed E-state index contributed by atoms with van der Waals surface area (Å²) in [4.78, 5) is 15.4. The number of rotatable bonds is 4. The fourth-order valence-corrected chi connectivity index (χ4v) is 9.52. The molecule has 0 saturated heterocycles. The lowest BCUT2D eigenvalue weighted by Gasteiger charge is -2.22. The summed E-state index contributed by atoms with van der Waals surface area (Å²) < 4.78 is 9.02. The second-order valence-electron chi connectivity index (χ2n) is 14.4. The minimum absolute atomic E-state index is 0.244. The number of furan rings is 1. The lowest BCUT2D eigenvalue weighted by Crippen LogP contribution is -2.15. The molecule has 10 aromatic rings. The molecule has 0 N–H and O–H groups in total. The zero-order valence-electron chi connectivity index (χ0n) is 29.1. The van der Waals surface area contributed by atoms with Crippen molar-refractivity contribution >= 4 is 53.4 Å². The first-order valence-corrected chi connectivity index (χ1v) is 18.8.